The van der Waals surface area contributed by atoms with Crippen LogP contribution in [-0.4, -0.2) is 35.1 Å². The van der Waals surface area contributed by atoms with Crippen LogP contribution in [0.2, 0.25) is 0 Å². The Balaban J connectivity index is 0.00000301. The van der Waals surface area contributed by atoms with Crippen molar-refractivity contribution in [2.24, 2.45) is 0 Å². The van der Waals surface area contributed by atoms with Gasteiger partial charge >= 0.3 is 11.9 Å². The summed E-state index contributed by atoms with van der Waals surface area (Å²) in [4.78, 5) is 36.8. The van der Waals surface area contributed by atoms with E-state index in [0.717, 1.165) is 0 Å². The predicted molar refractivity (Wildman–Crippen MR) is 99.7 cm³/mol. The number of esters is 2. The molecule has 9 heteroatoms. The summed E-state index contributed by atoms with van der Waals surface area (Å²) < 4.78 is 10.2. The number of hydrogen-bond acceptors (Lipinski definition) is 8. The largest absolute Gasteiger partial charge is 0.426 e. The Morgan fingerprint density at radius 3 is 2.54 bits per heavy atom. The second-order valence-electron chi connectivity index (χ2n) is 4.39. The van der Waals surface area contributed by atoms with Crippen molar-refractivity contribution in [3.8, 4) is 11.5 Å². The molecule has 0 radical (unpaired) electrons. The first-order valence-corrected chi connectivity index (χ1v) is 9.08. The smallest absolute Gasteiger partial charge is 0.312 e. The molecular formula is C17H23NO7S. The molecule has 0 atom stereocenters. The summed E-state index contributed by atoms with van der Waals surface area (Å²) in [5.41, 5.74) is 0.529. The van der Waals surface area contributed by atoms with Gasteiger partial charge in [0, 0.05) is 24.0 Å². The number of rotatable bonds is 10. The molecule has 144 valence electrons. The standard InChI is InChI=1S/C15H17NO7S.C2H6/c1-3-12-10-13(4-5-14(12)22-11(2)17)23-15(18)6-8-24-9-7-21-16(19)20;1-2/h3-5,10H,1,6-9H2,2H3;1-2H3. The van der Waals surface area contributed by atoms with Gasteiger partial charge in [0.25, 0.3) is 5.09 Å². The van der Waals surface area contributed by atoms with Crippen molar-refractivity contribution in [2.45, 2.75) is 27.2 Å². The first-order chi connectivity index (χ1) is 12.4. The molecule has 0 saturated carbocycles. The minimum atomic E-state index is -0.856. The van der Waals surface area contributed by atoms with Gasteiger partial charge < -0.3 is 14.3 Å². The van der Waals surface area contributed by atoms with E-state index in [0.29, 0.717) is 28.6 Å². The van der Waals surface area contributed by atoms with Crippen LogP contribution in [0.25, 0.3) is 6.08 Å². The van der Waals surface area contributed by atoms with Crippen molar-refractivity contribution in [1.29, 1.82) is 0 Å². The summed E-state index contributed by atoms with van der Waals surface area (Å²) >= 11 is 1.35. The van der Waals surface area contributed by atoms with Crippen LogP contribution in [0.4, 0.5) is 0 Å². The quantitative estimate of drug-likeness (QED) is 0.198. The van der Waals surface area contributed by atoms with Crippen molar-refractivity contribution in [3.05, 3.63) is 40.5 Å². The van der Waals surface area contributed by atoms with E-state index in [4.69, 9.17) is 9.47 Å². The number of hydrogen-bond donors (Lipinski definition) is 0. The van der Waals surface area contributed by atoms with E-state index in [2.05, 4.69) is 11.4 Å². The molecule has 0 fully saturated rings. The molecule has 0 aliphatic heterocycles. The Morgan fingerprint density at radius 1 is 1.27 bits per heavy atom. The molecule has 1 aromatic carbocycles. The number of carbonyl (C=O) groups is 2. The third-order valence-electron chi connectivity index (χ3n) is 2.56. The average Bonchev–Trinajstić information content (AvgIpc) is 2.60. The minimum absolute atomic E-state index is 0.0208. The van der Waals surface area contributed by atoms with E-state index in [-0.39, 0.29) is 13.0 Å². The van der Waals surface area contributed by atoms with Crippen molar-refractivity contribution in [3.63, 3.8) is 0 Å². The lowest BCUT2D eigenvalue weighted by molar-refractivity contribution is -0.756. The van der Waals surface area contributed by atoms with E-state index < -0.39 is 17.0 Å². The molecule has 0 bridgehead atoms. The molecular weight excluding hydrogens is 362 g/mol. The van der Waals surface area contributed by atoms with Gasteiger partial charge in [0.15, 0.2) is 0 Å². The van der Waals surface area contributed by atoms with Gasteiger partial charge in [-0.1, -0.05) is 26.5 Å². The lowest BCUT2D eigenvalue weighted by Gasteiger charge is -2.09. The normalized spacial score (nSPS) is 9.35. The van der Waals surface area contributed by atoms with Gasteiger partial charge in [0.2, 0.25) is 0 Å². The van der Waals surface area contributed by atoms with E-state index in [1.165, 1.54) is 36.9 Å². The Labute approximate surface area is 156 Å². The fourth-order valence-electron chi connectivity index (χ4n) is 1.61. The molecule has 1 aromatic rings. The molecule has 0 heterocycles. The summed E-state index contributed by atoms with van der Waals surface area (Å²) in [5, 5.41) is 9.09. The molecule has 0 saturated heterocycles. The Kier molecular flexibility index (Phi) is 12.4. The summed E-state index contributed by atoms with van der Waals surface area (Å²) in [6, 6.07) is 4.58. The molecule has 8 nitrogen and oxygen atoms in total. The van der Waals surface area contributed by atoms with Crippen LogP contribution >= 0.6 is 11.8 Å². The predicted octanol–water partition coefficient (Wildman–Crippen LogP) is 3.52. The molecule has 26 heavy (non-hydrogen) atoms. The highest BCUT2D eigenvalue weighted by molar-refractivity contribution is 7.99. The summed E-state index contributed by atoms with van der Waals surface area (Å²) in [6.07, 6.45) is 1.64. The molecule has 0 aromatic heterocycles. The monoisotopic (exact) mass is 385 g/mol. The first-order valence-electron chi connectivity index (χ1n) is 7.93. The fourth-order valence-corrected chi connectivity index (χ4v) is 2.32. The maximum atomic E-state index is 11.7. The third-order valence-corrected chi connectivity index (χ3v) is 3.51. The van der Waals surface area contributed by atoms with E-state index >= 15 is 0 Å². The van der Waals surface area contributed by atoms with Gasteiger partial charge in [-0.25, -0.2) is 0 Å². The van der Waals surface area contributed by atoms with Gasteiger partial charge in [-0.05, 0) is 18.2 Å². The van der Waals surface area contributed by atoms with Crippen LogP contribution in [0.15, 0.2) is 24.8 Å². The molecule has 0 unspecified atom stereocenters. The highest BCUT2D eigenvalue weighted by atomic mass is 32.2. The summed E-state index contributed by atoms with van der Waals surface area (Å²) in [7, 11) is 0. The molecule has 0 aliphatic carbocycles. The van der Waals surface area contributed by atoms with E-state index in [1.54, 1.807) is 6.07 Å². The fraction of sp³-hybridized carbons (Fsp3) is 0.412. The zero-order valence-electron chi connectivity index (χ0n) is 15.1. The van der Waals surface area contributed by atoms with Crippen LogP contribution < -0.4 is 9.47 Å². The molecule has 1 rings (SSSR count). The van der Waals surface area contributed by atoms with Crippen molar-refractivity contribution >= 4 is 29.8 Å². The molecule has 0 aliphatic rings. The summed E-state index contributed by atoms with van der Waals surface area (Å²) in [5.74, 6) is 0.617. The molecule has 0 amide bonds. The Morgan fingerprint density at radius 2 is 1.96 bits per heavy atom. The lowest BCUT2D eigenvalue weighted by atomic mass is 10.2. The maximum absolute atomic E-state index is 11.7. The van der Waals surface area contributed by atoms with Crippen molar-refractivity contribution in [1.82, 2.24) is 0 Å². The number of benzene rings is 1. The highest BCUT2D eigenvalue weighted by Crippen LogP contribution is 2.25. The Hall–Kier alpha value is -2.55. The zero-order valence-corrected chi connectivity index (χ0v) is 15.9. The number of carbonyl (C=O) groups excluding carboxylic acids is 2. The van der Waals surface area contributed by atoms with Crippen LogP contribution in [0.1, 0.15) is 32.8 Å². The summed E-state index contributed by atoms with van der Waals surface area (Å²) in [6.45, 7) is 8.88. The van der Waals surface area contributed by atoms with Crippen LogP contribution in [0.3, 0.4) is 0 Å². The van der Waals surface area contributed by atoms with E-state index in [1.807, 2.05) is 13.8 Å². The van der Waals surface area contributed by atoms with Gasteiger partial charge in [-0.3, -0.25) is 9.59 Å². The number of thioether (sulfide) groups is 1. The lowest BCUT2D eigenvalue weighted by Crippen LogP contribution is -2.10. The number of nitrogens with zero attached hydrogens (tertiary/aromatic N) is 1. The molecule has 0 N–H and O–H groups in total. The highest BCUT2D eigenvalue weighted by Gasteiger charge is 2.09. The second kappa shape index (κ2) is 13.7. The van der Waals surface area contributed by atoms with Gasteiger partial charge in [-0.15, -0.1) is 10.1 Å². The average molecular weight is 385 g/mol. The first kappa shape index (κ1) is 23.4. The minimum Gasteiger partial charge on any atom is -0.426 e. The van der Waals surface area contributed by atoms with Crippen LogP contribution in [0.5, 0.6) is 11.5 Å². The number of ether oxygens (including phenoxy) is 2. The van der Waals surface area contributed by atoms with Gasteiger partial charge in [-0.2, -0.15) is 11.8 Å². The van der Waals surface area contributed by atoms with Gasteiger partial charge in [0.1, 0.15) is 18.1 Å². The van der Waals surface area contributed by atoms with Crippen molar-refractivity contribution in [2.75, 3.05) is 18.1 Å². The second-order valence-corrected chi connectivity index (χ2v) is 5.62. The van der Waals surface area contributed by atoms with E-state index in [9.17, 15) is 19.7 Å². The van der Waals surface area contributed by atoms with Gasteiger partial charge in [0.05, 0.1) is 6.42 Å². The Bertz CT molecular complexity index is 619. The zero-order chi connectivity index (χ0) is 19.9. The van der Waals surface area contributed by atoms with Crippen LogP contribution in [0, 0.1) is 10.1 Å². The topological polar surface area (TPSA) is 105 Å². The SMILES string of the molecule is C=Cc1cc(OC(=O)CCSCCO[N+](=O)[O-])ccc1OC(C)=O.CC. The molecule has 0 spiro atoms. The van der Waals surface area contributed by atoms with Crippen molar-refractivity contribution < 1.29 is 29.0 Å². The third kappa shape index (κ3) is 10.3. The maximum Gasteiger partial charge on any atom is 0.312 e. The van der Waals surface area contributed by atoms with Crippen LogP contribution in [-0.2, 0) is 14.4 Å².